The molecule has 0 aliphatic carbocycles. The fourth-order valence-electron chi connectivity index (χ4n) is 2.66. The first kappa shape index (κ1) is 14.2. The van der Waals surface area contributed by atoms with Crippen LogP contribution in [-0.4, -0.2) is 66.6 Å². The maximum Gasteiger partial charge on any atom is 0.176 e. The van der Waals surface area contributed by atoms with Gasteiger partial charge in [0.25, 0.3) is 0 Å². The fourth-order valence-corrected chi connectivity index (χ4v) is 2.66. The first-order valence-electron chi connectivity index (χ1n) is 6.71. The summed E-state index contributed by atoms with van der Waals surface area (Å²) in [6, 6.07) is 9.61. The number of nitrogens with zero attached hydrogens (tertiary/aromatic N) is 2. The molecular formula is C15H22N2O2. The van der Waals surface area contributed by atoms with Gasteiger partial charge in [0.1, 0.15) is 0 Å². The lowest BCUT2D eigenvalue weighted by molar-refractivity contribution is 0.0902. The highest BCUT2D eigenvalue weighted by molar-refractivity contribution is 5.97. The molecular weight excluding hydrogens is 240 g/mol. The fraction of sp³-hybridized carbons (Fsp3) is 0.533. The monoisotopic (exact) mass is 262 g/mol. The third-order valence-corrected chi connectivity index (χ3v) is 3.52. The number of likely N-dealkylation sites (N-methyl/N-ethyl adjacent to an activating group) is 1. The number of rotatable bonds is 5. The summed E-state index contributed by atoms with van der Waals surface area (Å²) in [6.45, 7) is 1.86. The molecule has 1 N–H and O–H groups in total. The molecule has 0 saturated carbocycles. The minimum atomic E-state index is -0.312. The SMILES string of the molecule is CN(C)CC1CC(O)CN1CC(=O)c1ccccc1. The molecule has 1 saturated heterocycles. The van der Waals surface area contributed by atoms with Crippen molar-refractivity contribution in [2.24, 2.45) is 0 Å². The van der Waals surface area contributed by atoms with Crippen LogP contribution in [0.5, 0.6) is 0 Å². The maximum absolute atomic E-state index is 12.2. The van der Waals surface area contributed by atoms with E-state index in [9.17, 15) is 9.90 Å². The number of hydrogen-bond donors (Lipinski definition) is 1. The molecule has 4 nitrogen and oxygen atoms in total. The second kappa shape index (κ2) is 6.28. The number of aliphatic hydroxyl groups is 1. The highest BCUT2D eigenvalue weighted by atomic mass is 16.3. The van der Waals surface area contributed by atoms with Crippen LogP contribution in [-0.2, 0) is 0 Å². The van der Waals surface area contributed by atoms with Crippen molar-refractivity contribution in [1.82, 2.24) is 9.80 Å². The zero-order valence-electron chi connectivity index (χ0n) is 11.6. The largest absolute Gasteiger partial charge is 0.392 e. The van der Waals surface area contributed by atoms with Gasteiger partial charge in [-0.3, -0.25) is 9.69 Å². The molecule has 1 heterocycles. The van der Waals surface area contributed by atoms with E-state index in [-0.39, 0.29) is 17.9 Å². The first-order valence-corrected chi connectivity index (χ1v) is 6.71. The number of Topliss-reactive ketones (excluding diaryl/α,β-unsaturated/α-hetero) is 1. The summed E-state index contributed by atoms with van der Waals surface area (Å²) in [5, 5.41) is 9.79. The molecule has 0 amide bonds. The number of ketones is 1. The Labute approximate surface area is 114 Å². The third kappa shape index (κ3) is 3.86. The van der Waals surface area contributed by atoms with E-state index in [4.69, 9.17) is 0 Å². The van der Waals surface area contributed by atoms with Crippen molar-refractivity contribution in [2.75, 3.05) is 33.7 Å². The molecule has 1 fully saturated rings. The normalized spacial score (nSPS) is 24.0. The number of aliphatic hydroxyl groups excluding tert-OH is 1. The number of carbonyl (C=O) groups excluding carboxylic acids is 1. The molecule has 4 heteroatoms. The van der Waals surface area contributed by atoms with Gasteiger partial charge in [0, 0.05) is 24.7 Å². The van der Waals surface area contributed by atoms with Gasteiger partial charge in [0.2, 0.25) is 0 Å². The van der Waals surface area contributed by atoms with Gasteiger partial charge in [0.05, 0.1) is 12.6 Å². The van der Waals surface area contributed by atoms with Crippen molar-refractivity contribution in [1.29, 1.82) is 0 Å². The summed E-state index contributed by atoms with van der Waals surface area (Å²) < 4.78 is 0. The van der Waals surface area contributed by atoms with Crippen LogP contribution in [0, 0.1) is 0 Å². The van der Waals surface area contributed by atoms with Gasteiger partial charge in [-0.15, -0.1) is 0 Å². The van der Waals surface area contributed by atoms with Crippen LogP contribution in [0.4, 0.5) is 0 Å². The Bertz CT molecular complexity index is 419. The molecule has 0 bridgehead atoms. The highest BCUT2D eigenvalue weighted by Crippen LogP contribution is 2.19. The van der Waals surface area contributed by atoms with Gasteiger partial charge in [-0.05, 0) is 20.5 Å². The lowest BCUT2D eigenvalue weighted by Gasteiger charge is -2.25. The van der Waals surface area contributed by atoms with Gasteiger partial charge in [-0.1, -0.05) is 30.3 Å². The summed E-state index contributed by atoms with van der Waals surface area (Å²) in [4.78, 5) is 16.4. The van der Waals surface area contributed by atoms with E-state index < -0.39 is 0 Å². The topological polar surface area (TPSA) is 43.8 Å². The van der Waals surface area contributed by atoms with E-state index >= 15 is 0 Å². The second-order valence-electron chi connectivity index (χ2n) is 5.52. The molecule has 2 unspecified atom stereocenters. The number of hydrogen-bond acceptors (Lipinski definition) is 4. The molecule has 0 spiro atoms. The van der Waals surface area contributed by atoms with Gasteiger partial charge in [0.15, 0.2) is 5.78 Å². The van der Waals surface area contributed by atoms with Crippen LogP contribution in [0.2, 0.25) is 0 Å². The summed E-state index contributed by atoms with van der Waals surface area (Å²) in [7, 11) is 4.03. The standard InChI is InChI=1S/C15H22N2O2/c1-16(2)9-13-8-14(18)10-17(13)11-15(19)12-6-4-3-5-7-12/h3-7,13-14,18H,8-11H2,1-2H3. The zero-order valence-corrected chi connectivity index (χ0v) is 11.6. The molecule has 0 radical (unpaired) electrons. The molecule has 104 valence electrons. The van der Waals surface area contributed by atoms with E-state index in [1.54, 1.807) is 0 Å². The number of likely N-dealkylation sites (tertiary alicyclic amines) is 1. The number of carbonyl (C=O) groups is 1. The Kier molecular flexibility index (Phi) is 4.69. The molecule has 1 aliphatic heterocycles. The van der Waals surface area contributed by atoms with Crippen LogP contribution in [0.25, 0.3) is 0 Å². The highest BCUT2D eigenvalue weighted by Gasteiger charge is 2.32. The van der Waals surface area contributed by atoms with Crippen LogP contribution in [0.3, 0.4) is 0 Å². The summed E-state index contributed by atoms with van der Waals surface area (Å²) in [5.41, 5.74) is 0.743. The summed E-state index contributed by atoms with van der Waals surface area (Å²) in [5.74, 6) is 0.124. The predicted octanol–water partition coefficient (Wildman–Crippen LogP) is 0.866. The quantitative estimate of drug-likeness (QED) is 0.800. The van der Waals surface area contributed by atoms with Crippen molar-refractivity contribution in [2.45, 2.75) is 18.6 Å². The Morgan fingerprint density at radius 3 is 2.68 bits per heavy atom. The average molecular weight is 262 g/mol. The van der Waals surface area contributed by atoms with Crippen LogP contribution < -0.4 is 0 Å². The van der Waals surface area contributed by atoms with Crippen molar-refractivity contribution in [3.63, 3.8) is 0 Å². The third-order valence-electron chi connectivity index (χ3n) is 3.52. The molecule has 1 aromatic rings. The Morgan fingerprint density at radius 2 is 2.05 bits per heavy atom. The molecule has 2 rings (SSSR count). The van der Waals surface area contributed by atoms with E-state index in [1.807, 2.05) is 44.4 Å². The van der Waals surface area contributed by atoms with Crippen molar-refractivity contribution in [3.05, 3.63) is 35.9 Å². The van der Waals surface area contributed by atoms with E-state index in [1.165, 1.54) is 0 Å². The Hall–Kier alpha value is -1.23. The average Bonchev–Trinajstić information content (AvgIpc) is 2.69. The summed E-state index contributed by atoms with van der Waals surface area (Å²) >= 11 is 0. The zero-order chi connectivity index (χ0) is 13.8. The minimum Gasteiger partial charge on any atom is -0.392 e. The summed E-state index contributed by atoms with van der Waals surface area (Å²) in [6.07, 6.45) is 0.439. The Balaban J connectivity index is 1.99. The van der Waals surface area contributed by atoms with E-state index in [0.717, 1.165) is 18.5 Å². The minimum absolute atomic E-state index is 0.124. The second-order valence-corrected chi connectivity index (χ2v) is 5.52. The van der Waals surface area contributed by atoms with Crippen LogP contribution >= 0.6 is 0 Å². The first-order chi connectivity index (χ1) is 9.06. The predicted molar refractivity (Wildman–Crippen MR) is 75.3 cm³/mol. The van der Waals surface area contributed by atoms with Crippen LogP contribution in [0.15, 0.2) is 30.3 Å². The number of β-amino-alcohol motifs (C(OH)–C–C–N with tert-alkyl or cyclic N) is 1. The van der Waals surface area contributed by atoms with Gasteiger partial charge < -0.3 is 10.0 Å². The molecule has 1 aromatic carbocycles. The molecule has 2 atom stereocenters. The van der Waals surface area contributed by atoms with Crippen molar-refractivity contribution < 1.29 is 9.90 Å². The van der Waals surface area contributed by atoms with Crippen molar-refractivity contribution >= 4 is 5.78 Å². The van der Waals surface area contributed by atoms with Crippen molar-refractivity contribution in [3.8, 4) is 0 Å². The smallest absolute Gasteiger partial charge is 0.176 e. The molecule has 19 heavy (non-hydrogen) atoms. The lowest BCUT2D eigenvalue weighted by Crippen LogP contribution is -2.40. The Morgan fingerprint density at radius 1 is 1.37 bits per heavy atom. The molecule has 1 aliphatic rings. The number of benzene rings is 1. The lowest BCUT2D eigenvalue weighted by atomic mass is 10.1. The maximum atomic E-state index is 12.2. The van der Waals surface area contributed by atoms with E-state index in [2.05, 4.69) is 9.80 Å². The van der Waals surface area contributed by atoms with Gasteiger partial charge >= 0.3 is 0 Å². The van der Waals surface area contributed by atoms with E-state index in [0.29, 0.717) is 13.1 Å². The van der Waals surface area contributed by atoms with Crippen LogP contribution in [0.1, 0.15) is 16.8 Å². The van der Waals surface area contributed by atoms with Gasteiger partial charge in [-0.2, -0.15) is 0 Å². The van der Waals surface area contributed by atoms with Gasteiger partial charge in [-0.25, -0.2) is 0 Å². The molecule has 0 aromatic heterocycles.